The number of hydrogen-bond acceptors (Lipinski definition) is 1. The van der Waals surface area contributed by atoms with Gasteiger partial charge in [-0.25, -0.2) is 0 Å². The molecule has 18 heavy (non-hydrogen) atoms. The summed E-state index contributed by atoms with van der Waals surface area (Å²) in [5.74, 6) is 0.160. The van der Waals surface area contributed by atoms with Crippen LogP contribution in [-0.4, -0.2) is 12.5 Å². The van der Waals surface area contributed by atoms with Crippen LogP contribution in [0.1, 0.15) is 44.6 Å². The smallest absolute Gasteiger partial charge is 0.220 e. The molecule has 0 fully saturated rings. The van der Waals surface area contributed by atoms with E-state index in [4.69, 9.17) is 11.6 Å². The molecule has 0 heterocycles. The van der Waals surface area contributed by atoms with Crippen LogP contribution in [0, 0.1) is 0 Å². The number of benzene rings is 1. The van der Waals surface area contributed by atoms with E-state index in [1.807, 2.05) is 24.3 Å². The van der Waals surface area contributed by atoms with Gasteiger partial charge in [0.2, 0.25) is 5.91 Å². The van der Waals surface area contributed by atoms with E-state index in [0.717, 1.165) is 29.8 Å². The minimum Gasteiger partial charge on any atom is -0.356 e. The van der Waals surface area contributed by atoms with E-state index >= 15 is 0 Å². The van der Waals surface area contributed by atoms with Crippen LogP contribution in [0.4, 0.5) is 0 Å². The van der Waals surface area contributed by atoms with Gasteiger partial charge in [-0.15, -0.1) is 0 Å². The van der Waals surface area contributed by atoms with Crippen LogP contribution in [0.25, 0.3) is 0 Å². The fourth-order valence-corrected chi connectivity index (χ4v) is 2.05. The van der Waals surface area contributed by atoms with Gasteiger partial charge in [-0.1, -0.05) is 49.9 Å². The van der Waals surface area contributed by atoms with Crippen molar-refractivity contribution < 1.29 is 4.79 Å². The van der Waals surface area contributed by atoms with E-state index < -0.39 is 0 Å². The van der Waals surface area contributed by atoms with Crippen LogP contribution >= 0.6 is 11.6 Å². The van der Waals surface area contributed by atoms with Gasteiger partial charge in [-0.3, -0.25) is 4.79 Å². The molecule has 0 aromatic heterocycles. The van der Waals surface area contributed by atoms with Gasteiger partial charge >= 0.3 is 0 Å². The lowest BCUT2D eigenvalue weighted by atomic mass is 10.1. The van der Waals surface area contributed by atoms with Crippen LogP contribution in [-0.2, 0) is 11.2 Å². The normalized spacial score (nSPS) is 10.3. The Hall–Kier alpha value is -1.02. The molecule has 100 valence electrons. The van der Waals surface area contributed by atoms with Gasteiger partial charge in [0, 0.05) is 18.0 Å². The van der Waals surface area contributed by atoms with Crippen molar-refractivity contribution in [1.29, 1.82) is 0 Å². The third kappa shape index (κ3) is 6.65. The minimum absolute atomic E-state index is 0.160. The molecule has 0 aliphatic carbocycles. The molecule has 1 rings (SSSR count). The van der Waals surface area contributed by atoms with Crippen molar-refractivity contribution in [2.24, 2.45) is 0 Å². The highest BCUT2D eigenvalue weighted by Crippen LogP contribution is 2.10. The number of carbonyl (C=O) groups is 1. The molecule has 0 spiro atoms. The summed E-state index contributed by atoms with van der Waals surface area (Å²) in [6.45, 7) is 2.86. The third-order valence-electron chi connectivity index (χ3n) is 2.88. The lowest BCUT2D eigenvalue weighted by Crippen LogP contribution is -2.25. The molecule has 3 heteroatoms. The second-order valence-electron chi connectivity index (χ2n) is 4.54. The van der Waals surface area contributed by atoms with E-state index in [2.05, 4.69) is 12.2 Å². The van der Waals surface area contributed by atoms with Crippen LogP contribution < -0.4 is 5.32 Å². The summed E-state index contributed by atoms with van der Waals surface area (Å²) in [6, 6.07) is 7.76. The van der Waals surface area contributed by atoms with Crippen LogP contribution in [0.5, 0.6) is 0 Å². The monoisotopic (exact) mass is 267 g/mol. The summed E-state index contributed by atoms with van der Waals surface area (Å²) in [4.78, 5) is 11.5. The number of hydrogen-bond donors (Lipinski definition) is 1. The van der Waals surface area contributed by atoms with Gasteiger partial charge in [0.25, 0.3) is 0 Å². The van der Waals surface area contributed by atoms with Crippen molar-refractivity contribution in [3.63, 3.8) is 0 Å². The highest BCUT2D eigenvalue weighted by Gasteiger charge is 2.00. The number of nitrogens with one attached hydrogen (secondary N) is 1. The SMILES string of the molecule is CCCCCCC(=O)NCCc1cccc(Cl)c1. The lowest BCUT2D eigenvalue weighted by molar-refractivity contribution is -0.121. The zero-order valence-corrected chi connectivity index (χ0v) is 11.8. The maximum Gasteiger partial charge on any atom is 0.220 e. The molecule has 1 aromatic carbocycles. The number of halogens is 1. The fraction of sp³-hybridized carbons (Fsp3) is 0.533. The number of unbranched alkanes of at least 4 members (excludes halogenated alkanes) is 3. The molecule has 0 unspecified atom stereocenters. The molecule has 0 aliphatic heterocycles. The predicted octanol–water partition coefficient (Wildman–Crippen LogP) is 3.97. The first-order valence-corrected chi connectivity index (χ1v) is 7.11. The molecule has 0 radical (unpaired) electrons. The first kappa shape index (κ1) is 15.0. The van der Waals surface area contributed by atoms with Crippen molar-refractivity contribution >= 4 is 17.5 Å². The van der Waals surface area contributed by atoms with Gasteiger partial charge < -0.3 is 5.32 Å². The van der Waals surface area contributed by atoms with E-state index in [-0.39, 0.29) is 5.91 Å². The largest absolute Gasteiger partial charge is 0.356 e. The van der Waals surface area contributed by atoms with Crippen molar-refractivity contribution in [2.45, 2.75) is 45.4 Å². The highest BCUT2D eigenvalue weighted by atomic mass is 35.5. The van der Waals surface area contributed by atoms with Crippen LogP contribution in [0.2, 0.25) is 5.02 Å². The average molecular weight is 268 g/mol. The summed E-state index contributed by atoms with van der Waals surface area (Å²) in [5, 5.41) is 3.69. The van der Waals surface area contributed by atoms with E-state index in [1.54, 1.807) is 0 Å². The second-order valence-corrected chi connectivity index (χ2v) is 4.98. The van der Waals surface area contributed by atoms with Crippen LogP contribution in [0.3, 0.4) is 0 Å². The Morgan fingerprint density at radius 2 is 2.11 bits per heavy atom. The molecule has 0 aliphatic rings. The summed E-state index contributed by atoms with van der Waals surface area (Å²) in [6.07, 6.45) is 6.05. The number of rotatable bonds is 8. The second kappa shape index (κ2) is 8.98. The van der Waals surface area contributed by atoms with Gasteiger partial charge in [0.1, 0.15) is 0 Å². The van der Waals surface area contributed by atoms with Gasteiger partial charge in [-0.2, -0.15) is 0 Å². The molecule has 0 bridgehead atoms. The minimum atomic E-state index is 0.160. The number of amides is 1. The summed E-state index contributed by atoms with van der Waals surface area (Å²) >= 11 is 5.90. The lowest BCUT2D eigenvalue weighted by Gasteiger charge is -2.05. The molecule has 0 atom stereocenters. The summed E-state index contributed by atoms with van der Waals surface area (Å²) < 4.78 is 0. The standard InChI is InChI=1S/C15H22ClNO/c1-2-3-4-5-9-15(18)17-11-10-13-7-6-8-14(16)12-13/h6-8,12H,2-5,9-11H2,1H3,(H,17,18). The Morgan fingerprint density at radius 1 is 1.28 bits per heavy atom. The fourth-order valence-electron chi connectivity index (χ4n) is 1.84. The Kier molecular flexibility index (Phi) is 7.51. The predicted molar refractivity (Wildman–Crippen MR) is 76.9 cm³/mol. The van der Waals surface area contributed by atoms with Crippen LogP contribution in [0.15, 0.2) is 24.3 Å². The first-order chi connectivity index (χ1) is 8.72. The van der Waals surface area contributed by atoms with Gasteiger partial charge in [0.15, 0.2) is 0 Å². The Labute approximate surface area is 115 Å². The van der Waals surface area contributed by atoms with E-state index in [9.17, 15) is 4.79 Å². The molecule has 1 N–H and O–H groups in total. The molecule has 1 aromatic rings. The van der Waals surface area contributed by atoms with Gasteiger partial charge in [0.05, 0.1) is 0 Å². The molecular formula is C15H22ClNO. The molecule has 1 amide bonds. The maximum atomic E-state index is 11.5. The maximum absolute atomic E-state index is 11.5. The number of carbonyl (C=O) groups excluding carboxylic acids is 1. The molecule has 0 saturated heterocycles. The molecular weight excluding hydrogens is 246 g/mol. The van der Waals surface area contributed by atoms with E-state index in [1.165, 1.54) is 12.8 Å². The Balaban J connectivity index is 2.12. The van der Waals surface area contributed by atoms with Crippen molar-refractivity contribution in [2.75, 3.05) is 6.54 Å². The quantitative estimate of drug-likeness (QED) is 0.710. The zero-order chi connectivity index (χ0) is 13.2. The summed E-state index contributed by atoms with van der Waals surface area (Å²) in [7, 11) is 0. The molecule has 2 nitrogen and oxygen atoms in total. The molecule has 0 saturated carbocycles. The average Bonchev–Trinajstić information content (AvgIpc) is 2.35. The first-order valence-electron chi connectivity index (χ1n) is 6.73. The highest BCUT2D eigenvalue weighted by molar-refractivity contribution is 6.30. The van der Waals surface area contributed by atoms with E-state index in [0.29, 0.717) is 13.0 Å². The topological polar surface area (TPSA) is 29.1 Å². The Morgan fingerprint density at radius 3 is 2.83 bits per heavy atom. The van der Waals surface area contributed by atoms with Crippen molar-refractivity contribution in [3.8, 4) is 0 Å². The van der Waals surface area contributed by atoms with Gasteiger partial charge in [-0.05, 0) is 30.5 Å². The van der Waals surface area contributed by atoms with Crippen molar-refractivity contribution in [1.82, 2.24) is 5.32 Å². The third-order valence-corrected chi connectivity index (χ3v) is 3.12. The Bertz CT molecular complexity index is 365. The zero-order valence-electron chi connectivity index (χ0n) is 11.0. The summed E-state index contributed by atoms with van der Waals surface area (Å²) in [5.41, 5.74) is 1.16. The van der Waals surface area contributed by atoms with Crippen molar-refractivity contribution in [3.05, 3.63) is 34.9 Å².